The molecule has 0 radical (unpaired) electrons. The van der Waals surface area contributed by atoms with Gasteiger partial charge in [0.1, 0.15) is 10.4 Å². The summed E-state index contributed by atoms with van der Waals surface area (Å²) in [7, 11) is 1.44. The van der Waals surface area contributed by atoms with Crippen LogP contribution in [0.4, 0.5) is 4.39 Å². The Balaban J connectivity index is 3.06. The van der Waals surface area contributed by atoms with Crippen LogP contribution >= 0.6 is 15.9 Å². The first-order chi connectivity index (χ1) is 4.72. The fourth-order valence-corrected chi connectivity index (χ4v) is 0.941. The molecule has 0 spiro atoms. The van der Waals surface area contributed by atoms with Crippen molar-refractivity contribution >= 4 is 15.9 Å². The number of nitrogens with zero attached hydrogens (tertiary/aromatic N) is 1. The first kappa shape index (κ1) is 7.47. The maximum atomic E-state index is 12.5. The number of methoxy groups -OCH3 is 1. The SMILES string of the molecule is COc1cc(F)cc(Br)n1. The number of rotatable bonds is 1. The smallest absolute Gasteiger partial charge is 0.216 e. The quantitative estimate of drug-likeness (QED) is 0.655. The third kappa shape index (κ3) is 1.67. The molecule has 1 rings (SSSR count). The van der Waals surface area contributed by atoms with Gasteiger partial charge in [-0.3, -0.25) is 0 Å². The van der Waals surface area contributed by atoms with Gasteiger partial charge in [-0.05, 0) is 15.9 Å². The van der Waals surface area contributed by atoms with Crippen LogP contribution in [0.25, 0.3) is 0 Å². The Kier molecular flexibility index (Phi) is 2.21. The number of hydrogen-bond acceptors (Lipinski definition) is 2. The van der Waals surface area contributed by atoms with Gasteiger partial charge in [-0.25, -0.2) is 9.37 Å². The molecule has 0 saturated heterocycles. The minimum absolute atomic E-state index is 0.270. The summed E-state index contributed by atoms with van der Waals surface area (Å²) in [6.45, 7) is 0. The number of aromatic nitrogens is 1. The molecule has 1 aromatic heterocycles. The van der Waals surface area contributed by atoms with Gasteiger partial charge in [-0.2, -0.15) is 0 Å². The molecule has 0 unspecified atom stereocenters. The molecular formula is C6H5BrFNO. The lowest BCUT2D eigenvalue weighted by Gasteiger charge is -1.97. The first-order valence-corrected chi connectivity index (χ1v) is 3.39. The van der Waals surface area contributed by atoms with Crippen LogP contribution in [0.15, 0.2) is 16.7 Å². The largest absolute Gasteiger partial charge is 0.481 e. The fourth-order valence-electron chi connectivity index (χ4n) is 0.548. The minimum Gasteiger partial charge on any atom is -0.481 e. The summed E-state index contributed by atoms with van der Waals surface area (Å²) in [5, 5.41) is 0. The zero-order valence-electron chi connectivity index (χ0n) is 5.27. The molecule has 1 aromatic rings. The normalized spacial score (nSPS) is 9.50. The molecule has 0 saturated carbocycles. The topological polar surface area (TPSA) is 22.1 Å². The maximum absolute atomic E-state index is 12.5. The average Bonchev–Trinajstić information content (AvgIpc) is 1.85. The highest BCUT2D eigenvalue weighted by atomic mass is 79.9. The molecular weight excluding hydrogens is 201 g/mol. The summed E-state index contributed by atoms with van der Waals surface area (Å²) >= 11 is 3.02. The fraction of sp³-hybridized carbons (Fsp3) is 0.167. The van der Waals surface area contributed by atoms with E-state index < -0.39 is 0 Å². The van der Waals surface area contributed by atoms with Crippen LogP contribution in [0.3, 0.4) is 0 Å². The van der Waals surface area contributed by atoms with E-state index in [4.69, 9.17) is 4.74 Å². The van der Waals surface area contributed by atoms with E-state index in [1.807, 2.05) is 0 Å². The Morgan fingerprint density at radius 1 is 1.60 bits per heavy atom. The predicted molar refractivity (Wildman–Crippen MR) is 38.4 cm³/mol. The van der Waals surface area contributed by atoms with Crippen LogP contribution in [0.5, 0.6) is 5.88 Å². The van der Waals surface area contributed by atoms with Crippen molar-refractivity contribution in [1.82, 2.24) is 4.98 Å². The lowest BCUT2D eigenvalue weighted by molar-refractivity contribution is 0.393. The molecule has 0 atom stereocenters. The zero-order chi connectivity index (χ0) is 7.56. The van der Waals surface area contributed by atoms with E-state index in [0.29, 0.717) is 4.60 Å². The average molecular weight is 206 g/mol. The van der Waals surface area contributed by atoms with E-state index in [1.165, 1.54) is 19.2 Å². The van der Waals surface area contributed by atoms with Crippen molar-refractivity contribution in [3.63, 3.8) is 0 Å². The van der Waals surface area contributed by atoms with Crippen LogP contribution in [0, 0.1) is 5.82 Å². The number of halogens is 2. The minimum atomic E-state index is -0.362. The molecule has 0 aliphatic carbocycles. The van der Waals surface area contributed by atoms with E-state index >= 15 is 0 Å². The van der Waals surface area contributed by atoms with Crippen molar-refractivity contribution in [2.75, 3.05) is 7.11 Å². The molecule has 0 bridgehead atoms. The molecule has 54 valence electrons. The van der Waals surface area contributed by atoms with Crippen molar-refractivity contribution in [2.45, 2.75) is 0 Å². The highest BCUT2D eigenvalue weighted by Gasteiger charge is 1.98. The van der Waals surface area contributed by atoms with Gasteiger partial charge in [0.25, 0.3) is 0 Å². The Bertz CT molecular complexity index is 221. The second-order valence-electron chi connectivity index (χ2n) is 1.65. The highest BCUT2D eigenvalue weighted by molar-refractivity contribution is 9.10. The molecule has 0 amide bonds. The molecule has 10 heavy (non-hydrogen) atoms. The van der Waals surface area contributed by atoms with Crippen LogP contribution in [-0.4, -0.2) is 12.1 Å². The third-order valence-electron chi connectivity index (χ3n) is 0.944. The maximum Gasteiger partial charge on any atom is 0.216 e. The summed E-state index contributed by atoms with van der Waals surface area (Å²) in [5.74, 6) is -0.0920. The first-order valence-electron chi connectivity index (χ1n) is 2.59. The summed E-state index contributed by atoms with van der Waals surface area (Å²) in [6, 6.07) is 2.48. The predicted octanol–water partition coefficient (Wildman–Crippen LogP) is 1.99. The monoisotopic (exact) mass is 205 g/mol. The lowest BCUT2D eigenvalue weighted by Crippen LogP contribution is -1.88. The van der Waals surface area contributed by atoms with Crippen LogP contribution < -0.4 is 4.74 Å². The van der Waals surface area contributed by atoms with Gasteiger partial charge in [0.05, 0.1) is 7.11 Å². The molecule has 0 N–H and O–H groups in total. The summed E-state index contributed by atoms with van der Waals surface area (Å²) < 4.78 is 17.6. The number of ether oxygens (including phenoxy) is 1. The second-order valence-corrected chi connectivity index (χ2v) is 2.46. The number of pyridine rings is 1. The molecule has 2 nitrogen and oxygen atoms in total. The molecule has 1 heterocycles. The van der Waals surface area contributed by atoms with Crippen LogP contribution in [-0.2, 0) is 0 Å². The van der Waals surface area contributed by atoms with Gasteiger partial charge in [0, 0.05) is 12.1 Å². The molecule has 0 aromatic carbocycles. The van der Waals surface area contributed by atoms with Crippen molar-refractivity contribution in [1.29, 1.82) is 0 Å². The molecule has 4 heteroatoms. The van der Waals surface area contributed by atoms with E-state index in [1.54, 1.807) is 0 Å². The third-order valence-corrected chi connectivity index (χ3v) is 1.35. The van der Waals surface area contributed by atoms with Gasteiger partial charge in [0.15, 0.2) is 0 Å². The van der Waals surface area contributed by atoms with E-state index in [9.17, 15) is 4.39 Å². The second kappa shape index (κ2) is 2.96. The Hall–Kier alpha value is -0.640. The van der Waals surface area contributed by atoms with Gasteiger partial charge in [-0.1, -0.05) is 0 Å². The Labute approximate surface area is 66.2 Å². The van der Waals surface area contributed by atoms with Crippen molar-refractivity contribution in [2.24, 2.45) is 0 Å². The van der Waals surface area contributed by atoms with Gasteiger partial charge in [-0.15, -0.1) is 0 Å². The zero-order valence-corrected chi connectivity index (χ0v) is 6.85. The number of hydrogen-bond donors (Lipinski definition) is 0. The Morgan fingerprint density at radius 3 is 2.80 bits per heavy atom. The Morgan fingerprint density at radius 2 is 2.30 bits per heavy atom. The lowest BCUT2D eigenvalue weighted by atomic mass is 10.5. The van der Waals surface area contributed by atoms with E-state index in [2.05, 4.69) is 20.9 Å². The van der Waals surface area contributed by atoms with Crippen molar-refractivity contribution < 1.29 is 9.13 Å². The van der Waals surface area contributed by atoms with Gasteiger partial charge >= 0.3 is 0 Å². The van der Waals surface area contributed by atoms with Crippen molar-refractivity contribution in [3.05, 3.63) is 22.6 Å². The summed E-state index contributed by atoms with van der Waals surface area (Å²) in [4.78, 5) is 3.81. The van der Waals surface area contributed by atoms with Gasteiger partial charge in [0.2, 0.25) is 5.88 Å². The van der Waals surface area contributed by atoms with Crippen molar-refractivity contribution in [3.8, 4) is 5.88 Å². The summed E-state index contributed by atoms with van der Waals surface area (Å²) in [6.07, 6.45) is 0. The highest BCUT2D eigenvalue weighted by Crippen LogP contribution is 2.14. The molecule has 0 aliphatic rings. The van der Waals surface area contributed by atoms with E-state index in [-0.39, 0.29) is 11.7 Å². The molecule has 0 aliphatic heterocycles. The standard InChI is InChI=1S/C6H5BrFNO/c1-10-6-3-4(8)2-5(7)9-6/h2-3H,1H3. The molecule has 0 fully saturated rings. The van der Waals surface area contributed by atoms with E-state index in [0.717, 1.165) is 0 Å². The van der Waals surface area contributed by atoms with Gasteiger partial charge < -0.3 is 4.74 Å². The summed E-state index contributed by atoms with van der Waals surface area (Å²) in [5.41, 5.74) is 0. The van der Waals surface area contributed by atoms with Crippen LogP contribution in [0.2, 0.25) is 0 Å². The van der Waals surface area contributed by atoms with Crippen LogP contribution in [0.1, 0.15) is 0 Å².